The molecule has 1 aromatic rings. The molecule has 1 amide bonds. The Bertz CT molecular complexity index is 470. The summed E-state index contributed by atoms with van der Waals surface area (Å²) in [6, 6.07) is 0.480. The number of hydrogen-bond donors (Lipinski definition) is 2. The average Bonchev–Trinajstić information content (AvgIpc) is 3.03. The van der Waals surface area contributed by atoms with Crippen LogP contribution in [0.15, 0.2) is 6.33 Å². The largest absolute Gasteiger partial charge is 0.366 e. The van der Waals surface area contributed by atoms with Crippen LogP contribution in [0, 0.1) is 0 Å². The lowest BCUT2D eigenvalue weighted by molar-refractivity contribution is -0.134. The maximum absolute atomic E-state index is 12.0. The highest BCUT2D eigenvalue weighted by molar-refractivity contribution is 5.85. The number of ether oxygens (including phenoxy) is 1. The molecule has 22 heavy (non-hydrogen) atoms. The van der Waals surface area contributed by atoms with Crippen molar-refractivity contribution in [1.82, 2.24) is 25.4 Å². The molecule has 7 nitrogen and oxygen atoms in total. The number of amides is 1. The van der Waals surface area contributed by atoms with Gasteiger partial charge < -0.3 is 19.9 Å². The molecule has 8 heteroatoms. The van der Waals surface area contributed by atoms with E-state index in [0.717, 1.165) is 12.4 Å². The van der Waals surface area contributed by atoms with Gasteiger partial charge in [0, 0.05) is 19.1 Å². The third kappa shape index (κ3) is 4.18. The predicted molar refractivity (Wildman–Crippen MR) is 83.8 cm³/mol. The highest BCUT2D eigenvalue weighted by atomic mass is 35.5. The average molecular weight is 330 g/mol. The highest BCUT2D eigenvalue weighted by Gasteiger charge is 2.23. The van der Waals surface area contributed by atoms with Gasteiger partial charge in [-0.25, -0.2) is 0 Å². The van der Waals surface area contributed by atoms with E-state index in [9.17, 15) is 4.79 Å². The van der Waals surface area contributed by atoms with Gasteiger partial charge in [0.15, 0.2) is 5.82 Å². The predicted octanol–water partition coefficient (Wildman–Crippen LogP) is 0.810. The molecule has 1 saturated heterocycles. The summed E-state index contributed by atoms with van der Waals surface area (Å²) in [6.45, 7) is 2.37. The Morgan fingerprint density at radius 1 is 1.41 bits per heavy atom. The van der Waals surface area contributed by atoms with Crippen molar-refractivity contribution in [2.45, 2.75) is 50.8 Å². The lowest BCUT2D eigenvalue weighted by Gasteiger charge is -2.25. The number of morpholine rings is 1. The number of halogens is 1. The van der Waals surface area contributed by atoms with Gasteiger partial charge in [-0.1, -0.05) is 19.3 Å². The van der Waals surface area contributed by atoms with Crippen molar-refractivity contribution in [3.8, 4) is 0 Å². The Morgan fingerprint density at radius 3 is 2.95 bits per heavy atom. The smallest absolute Gasteiger partial charge is 0.250 e. The number of rotatable bonds is 4. The number of carbonyl (C=O) groups excluding carboxylic acids is 1. The van der Waals surface area contributed by atoms with E-state index >= 15 is 0 Å². The molecule has 1 saturated carbocycles. The first-order valence-corrected chi connectivity index (χ1v) is 7.83. The van der Waals surface area contributed by atoms with E-state index in [4.69, 9.17) is 4.74 Å². The molecule has 124 valence electrons. The zero-order valence-corrected chi connectivity index (χ0v) is 13.5. The molecular formula is C14H24ClN5O2. The summed E-state index contributed by atoms with van der Waals surface area (Å²) in [5.74, 6) is 0.749. The second kappa shape index (κ2) is 8.45. The van der Waals surface area contributed by atoms with Crippen LogP contribution in [0.5, 0.6) is 0 Å². The molecule has 2 fully saturated rings. The molecule has 2 heterocycles. The van der Waals surface area contributed by atoms with E-state index in [1.54, 1.807) is 6.33 Å². The zero-order valence-electron chi connectivity index (χ0n) is 12.7. The van der Waals surface area contributed by atoms with Crippen molar-refractivity contribution >= 4 is 18.3 Å². The SMILES string of the molecule is Cl.O=C(NCc1nncn1C1CCCCC1)C1CNCCO1. The topological polar surface area (TPSA) is 81.1 Å². The van der Waals surface area contributed by atoms with Crippen molar-refractivity contribution in [3.05, 3.63) is 12.2 Å². The van der Waals surface area contributed by atoms with Crippen molar-refractivity contribution in [2.24, 2.45) is 0 Å². The Labute approximate surface area is 136 Å². The number of carbonyl (C=O) groups is 1. The molecule has 0 bridgehead atoms. The fourth-order valence-electron chi connectivity index (χ4n) is 3.07. The number of hydrogen-bond acceptors (Lipinski definition) is 5. The van der Waals surface area contributed by atoms with Gasteiger partial charge in [-0.05, 0) is 12.8 Å². The van der Waals surface area contributed by atoms with Gasteiger partial charge in [0.25, 0.3) is 5.91 Å². The van der Waals surface area contributed by atoms with Gasteiger partial charge in [0.05, 0.1) is 13.2 Å². The third-order valence-corrected chi connectivity index (χ3v) is 4.26. The monoisotopic (exact) mass is 329 g/mol. The Balaban J connectivity index is 0.00000176. The van der Waals surface area contributed by atoms with Gasteiger partial charge in [-0.15, -0.1) is 22.6 Å². The molecule has 1 aliphatic heterocycles. The normalized spacial score (nSPS) is 22.8. The molecule has 2 N–H and O–H groups in total. The van der Waals surface area contributed by atoms with Gasteiger partial charge in [-0.3, -0.25) is 4.79 Å². The van der Waals surface area contributed by atoms with Crippen LogP contribution in [0.25, 0.3) is 0 Å². The summed E-state index contributed by atoms with van der Waals surface area (Å²) < 4.78 is 7.56. The maximum Gasteiger partial charge on any atom is 0.250 e. The lowest BCUT2D eigenvalue weighted by Crippen LogP contribution is -2.47. The number of nitrogens with zero attached hydrogens (tertiary/aromatic N) is 3. The second-order valence-electron chi connectivity index (χ2n) is 5.73. The molecule has 2 aliphatic rings. The van der Waals surface area contributed by atoms with Crippen molar-refractivity contribution in [3.63, 3.8) is 0 Å². The van der Waals surface area contributed by atoms with Crippen LogP contribution in [0.4, 0.5) is 0 Å². The molecule has 1 aliphatic carbocycles. The zero-order chi connectivity index (χ0) is 14.5. The van der Waals surface area contributed by atoms with E-state index in [0.29, 0.717) is 25.7 Å². The third-order valence-electron chi connectivity index (χ3n) is 4.26. The molecule has 0 radical (unpaired) electrons. The van der Waals surface area contributed by atoms with Gasteiger partial charge in [-0.2, -0.15) is 0 Å². The van der Waals surface area contributed by atoms with E-state index in [2.05, 4.69) is 25.4 Å². The summed E-state index contributed by atoms with van der Waals surface area (Å²) in [7, 11) is 0. The van der Waals surface area contributed by atoms with Gasteiger partial charge >= 0.3 is 0 Å². The number of aromatic nitrogens is 3. The fourth-order valence-corrected chi connectivity index (χ4v) is 3.07. The van der Waals surface area contributed by atoms with Crippen LogP contribution in [0.1, 0.15) is 44.0 Å². The van der Waals surface area contributed by atoms with Crippen molar-refractivity contribution in [2.75, 3.05) is 19.7 Å². The first kappa shape index (κ1) is 17.2. The van der Waals surface area contributed by atoms with Crippen LogP contribution >= 0.6 is 12.4 Å². The minimum Gasteiger partial charge on any atom is -0.366 e. The summed E-state index contributed by atoms with van der Waals surface area (Å²) in [5.41, 5.74) is 0. The Kier molecular flexibility index (Phi) is 6.60. The molecule has 0 spiro atoms. The van der Waals surface area contributed by atoms with E-state index in [-0.39, 0.29) is 18.3 Å². The van der Waals surface area contributed by atoms with Crippen LogP contribution in [0.3, 0.4) is 0 Å². The molecule has 1 unspecified atom stereocenters. The standard InChI is InChI=1S/C14H23N5O2.ClH/c20-14(12-8-15-6-7-21-12)16-9-13-18-17-10-19(13)11-4-2-1-3-5-11;/h10-12,15H,1-9H2,(H,16,20);1H. The maximum atomic E-state index is 12.0. The molecule has 3 rings (SSSR count). The van der Waals surface area contributed by atoms with E-state index in [1.165, 1.54) is 32.1 Å². The van der Waals surface area contributed by atoms with E-state index < -0.39 is 6.10 Å². The summed E-state index contributed by atoms with van der Waals surface area (Å²) in [4.78, 5) is 12.0. The van der Waals surface area contributed by atoms with Gasteiger partial charge in [0.1, 0.15) is 12.4 Å². The molecule has 0 aromatic carbocycles. The van der Waals surface area contributed by atoms with Crippen LogP contribution in [-0.4, -0.2) is 46.5 Å². The van der Waals surface area contributed by atoms with Crippen LogP contribution < -0.4 is 10.6 Å². The summed E-state index contributed by atoms with van der Waals surface area (Å²) in [5, 5.41) is 14.2. The first-order chi connectivity index (χ1) is 10.3. The van der Waals surface area contributed by atoms with Crippen molar-refractivity contribution < 1.29 is 9.53 Å². The summed E-state index contributed by atoms with van der Waals surface area (Å²) in [6.07, 6.45) is 7.58. The minimum absolute atomic E-state index is 0. The lowest BCUT2D eigenvalue weighted by atomic mass is 9.95. The molecule has 1 atom stereocenters. The van der Waals surface area contributed by atoms with Crippen LogP contribution in [-0.2, 0) is 16.1 Å². The quantitative estimate of drug-likeness (QED) is 0.854. The van der Waals surface area contributed by atoms with Crippen molar-refractivity contribution in [1.29, 1.82) is 0 Å². The summed E-state index contributed by atoms with van der Waals surface area (Å²) >= 11 is 0. The Hall–Kier alpha value is -1.18. The first-order valence-electron chi connectivity index (χ1n) is 7.83. The minimum atomic E-state index is -0.398. The highest BCUT2D eigenvalue weighted by Crippen LogP contribution is 2.28. The van der Waals surface area contributed by atoms with E-state index in [1.807, 2.05) is 0 Å². The number of nitrogens with one attached hydrogen (secondary N) is 2. The second-order valence-corrected chi connectivity index (χ2v) is 5.73. The van der Waals surface area contributed by atoms with Crippen LogP contribution in [0.2, 0.25) is 0 Å². The fraction of sp³-hybridized carbons (Fsp3) is 0.786. The molecular weight excluding hydrogens is 306 g/mol. The Morgan fingerprint density at radius 2 is 2.23 bits per heavy atom. The van der Waals surface area contributed by atoms with Gasteiger partial charge in [0.2, 0.25) is 0 Å². The molecule has 1 aromatic heterocycles.